The number of halogens is 1. The highest BCUT2D eigenvalue weighted by molar-refractivity contribution is 7.69. The fourth-order valence-corrected chi connectivity index (χ4v) is 4.18. The number of imidazole rings is 1. The fourth-order valence-electron chi connectivity index (χ4n) is 3.52. The summed E-state index contributed by atoms with van der Waals surface area (Å²) >= 11 is 0. The molecule has 5 rings (SSSR count). The van der Waals surface area contributed by atoms with Gasteiger partial charge in [-0.25, -0.2) is 22.1 Å². The Morgan fingerprint density at radius 2 is 2.09 bits per heavy atom. The van der Waals surface area contributed by atoms with E-state index in [0.29, 0.717) is 22.6 Å². The minimum atomic E-state index is -2.64. The first-order chi connectivity index (χ1) is 15.4. The highest BCUT2D eigenvalue weighted by atomic mass is 32.2. The molecule has 1 aliphatic rings. The van der Waals surface area contributed by atoms with Crippen LogP contribution in [0.1, 0.15) is 27.9 Å². The summed E-state index contributed by atoms with van der Waals surface area (Å²) in [4.78, 5) is 21.3. The number of carbonyl (C=O) groups excluding carboxylic acids is 1. The van der Waals surface area contributed by atoms with E-state index in [1.807, 2.05) is 6.07 Å². The summed E-state index contributed by atoms with van der Waals surface area (Å²) in [5.74, 6) is -0.941. The molecule has 1 saturated heterocycles. The summed E-state index contributed by atoms with van der Waals surface area (Å²) in [6.07, 6.45) is 3.19. The number of hydrogen-bond donors (Lipinski definition) is 2. The van der Waals surface area contributed by atoms with Crippen LogP contribution in [0, 0.1) is 12.7 Å². The van der Waals surface area contributed by atoms with Crippen LogP contribution in [0.2, 0.25) is 0 Å². The van der Waals surface area contributed by atoms with Crippen molar-refractivity contribution in [2.24, 2.45) is 0 Å². The molecule has 164 valence electrons. The first-order valence-electron chi connectivity index (χ1n) is 9.67. The molecule has 3 aromatic heterocycles. The Morgan fingerprint density at radius 1 is 1.28 bits per heavy atom. The summed E-state index contributed by atoms with van der Waals surface area (Å²) < 4.78 is 44.7. The zero-order chi connectivity index (χ0) is 22.4. The van der Waals surface area contributed by atoms with E-state index in [2.05, 4.69) is 20.4 Å². The van der Waals surface area contributed by atoms with Crippen molar-refractivity contribution in [2.75, 3.05) is 18.4 Å². The Labute approximate surface area is 182 Å². The third-order valence-corrected chi connectivity index (χ3v) is 6.13. The van der Waals surface area contributed by atoms with E-state index in [4.69, 9.17) is 4.52 Å². The van der Waals surface area contributed by atoms with Gasteiger partial charge in [-0.3, -0.25) is 9.20 Å². The van der Waals surface area contributed by atoms with Crippen LogP contribution in [-0.2, 0) is 10.9 Å². The molecule has 1 aromatic carbocycles. The predicted octanol–water partition coefficient (Wildman–Crippen LogP) is 2.01. The number of nitrogens with one attached hydrogen (secondary N) is 1. The number of aromatic nitrogens is 4. The number of nitrogens with zero attached hydrogens (tertiary/aromatic N) is 5. The number of pyridine rings is 1. The highest BCUT2D eigenvalue weighted by Gasteiger charge is 2.34. The first kappa shape index (κ1) is 20.3. The molecule has 4 aromatic rings. The van der Waals surface area contributed by atoms with Gasteiger partial charge >= 0.3 is 0 Å². The van der Waals surface area contributed by atoms with Crippen molar-refractivity contribution in [3.05, 3.63) is 65.7 Å². The second kappa shape index (κ2) is 7.80. The molecule has 0 atom stereocenters. The number of anilines is 1. The molecular formula is C20H17FN6O4S. The van der Waals surface area contributed by atoms with E-state index in [9.17, 15) is 17.6 Å². The van der Waals surface area contributed by atoms with Crippen LogP contribution in [0.5, 0.6) is 0 Å². The van der Waals surface area contributed by atoms with Gasteiger partial charge in [-0.2, -0.15) is 4.98 Å². The Hall–Kier alpha value is -3.64. The lowest BCUT2D eigenvalue weighted by atomic mass is 10.0. The van der Waals surface area contributed by atoms with Gasteiger partial charge in [-0.15, -0.1) is 0 Å². The number of aryl methyl sites for hydroxylation is 1. The fraction of sp³-hybridized carbons (Fsp3) is 0.200. The number of fused-ring (bicyclic) bond motifs is 1. The van der Waals surface area contributed by atoms with Gasteiger partial charge in [-0.1, -0.05) is 11.2 Å². The van der Waals surface area contributed by atoms with Crippen molar-refractivity contribution in [1.82, 2.24) is 23.8 Å². The third-order valence-electron chi connectivity index (χ3n) is 5.34. The maximum absolute atomic E-state index is 14.7. The van der Waals surface area contributed by atoms with Gasteiger partial charge in [0.15, 0.2) is 0 Å². The van der Waals surface area contributed by atoms with Gasteiger partial charge in [0.2, 0.25) is 22.6 Å². The predicted molar refractivity (Wildman–Crippen MR) is 112 cm³/mol. The van der Waals surface area contributed by atoms with Gasteiger partial charge in [-0.05, 0) is 36.8 Å². The molecule has 0 unspecified atom stereocenters. The molecule has 1 amide bonds. The molecule has 0 spiro atoms. The Morgan fingerprint density at radius 3 is 2.88 bits per heavy atom. The lowest BCUT2D eigenvalue weighted by molar-refractivity contribution is 0.102. The van der Waals surface area contributed by atoms with Crippen LogP contribution >= 0.6 is 0 Å². The highest BCUT2D eigenvalue weighted by Crippen LogP contribution is 2.31. The molecule has 0 radical (unpaired) electrons. The van der Waals surface area contributed by atoms with Crippen molar-refractivity contribution in [1.29, 1.82) is 0 Å². The van der Waals surface area contributed by atoms with Crippen molar-refractivity contribution in [3.8, 4) is 11.4 Å². The van der Waals surface area contributed by atoms with E-state index >= 15 is 0 Å². The van der Waals surface area contributed by atoms with Crippen LogP contribution in [0.3, 0.4) is 0 Å². The van der Waals surface area contributed by atoms with E-state index in [0.717, 1.165) is 0 Å². The molecule has 1 fully saturated rings. The quantitative estimate of drug-likeness (QED) is 0.441. The maximum atomic E-state index is 14.7. The van der Waals surface area contributed by atoms with E-state index < -0.39 is 22.6 Å². The third kappa shape index (κ3) is 3.52. The zero-order valence-electron chi connectivity index (χ0n) is 16.7. The summed E-state index contributed by atoms with van der Waals surface area (Å²) in [5.41, 5.74) is 1.93. The summed E-state index contributed by atoms with van der Waals surface area (Å²) in [7, 11) is -2.64. The first-order valence-corrected chi connectivity index (χ1v) is 10.8. The van der Waals surface area contributed by atoms with Crippen molar-refractivity contribution in [2.45, 2.75) is 12.8 Å². The second-order valence-electron chi connectivity index (χ2n) is 7.44. The molecule has 10 nitrogen and oxygen atoms in total. The Kier molecular flexibility index (Phi) is 4.94. The van der Waals surface area contributed by atoms with Crippen LogP contribution in [0.15, 0.2) is 47.2 Å². The number of hydrogen-bond acceptors (Lipinski definition) is 7. The Balaban J connectivity index is 1.41. The van der Waals surface area contributed by atoms with Crippen LogP contribution in [-0.4, -0.2) is 51.2 Å². The van der Waals surface area contributed by atoms with Gasteiger partial charge in [0, 0.05) is 25.0 Å². The van der Waals surface area contributed by atoms with Crippen molar-refractivity contribution >= 4 is 28.1 Å². The van der Waals surface area contributed by atoms with E-state index in [1.165, 1.54) is 22.6 Å². The average Bonchev–Trinajstić information content (AvgIpc) is 3.36. The van der Waals surface area contributed by atoms with Crippen LogP contribution < -0.4 is 5.32 Å². The minimum Gasteiger partial charge on any atom is -0.339 e. The van der Waals surface area contributed by atoms with E-state index in [1.54, 1.807) is 29.7 Å². The smallest absolute Gasteiger partial charge is 0.274 e. The van der Waals surface area contributed by atoms with Crippen molar-refractivity contribution < 1.29 is 22.1 Å². The van der Waals surface area contributed by atoms with Gasteiger partial charge in [0.25, 0.3) is 5.91 Å². The molecule has 1 aliphatic heterocycles. The largest absolute Gasteiger partial charge is 0.339 e. The standard InChI is InChI=1S/C20H17FN6O4S/c1-11-6-14(21)13(18-24-20(31-25-18)12-9-26(10-12)32(29)30)7-15(11)23-19(28)16-8-22-17-4-2-3-5-27(16)17/h2-8,12,32H,9-10H2,1H3,(H,23,28). The molecule has 0 aliphatic carbocycles. The van der Waals surface area contributed by atoms with Gasteiger partial charge in [0.1, 0.15) is 17.2 Å². The minimum absolute atomic E-state index is 0.0211. The monoisotopic (exact) mass is 456 g/mol. The SMILES string of the molecule is Cc1cc(F)c(-c2noc(C3CN([SH](=O)=O)C3)n2)cc1NC(=O)c1cnc2ccccn12. The molecular weight excluding hydrogens is 439 g/mol. The van der Waals surface area contributed by atoms with E-state index in [-0.39, 0.29) is 36.3 Å². The summed E-state index contributed by atoms with van der Waals surface area (Å²) in [5, 5.41) is 6.62. The van der Waals surface area contributed by atoms with Gasteiger partial charge in [0.05, 0.1) is 17.7 Å². The lowest BCUT2D eigenvalue weighted by Gasteiger charge is -2.31. The molecule has 32 heavy (non-hydrogen) atoms. The zero-order valence-corrected chi connectivity index (χ0v) is 17.6. The Bertz CT molecular complexity index is 1410. The molecule has 12 heteroatoms. The molecule has 1 N–H and O–H groups in total. The summed E-state index contributed by atoms with van der Waals surface area (Å²) in [6, 6.07) is 8.12. The molecule has 0 saturated carbocycles. The van der Waals surface area contributed by atoms with Gasteiger partial charge < -0.3 is 9.84 Å². The topological polar surface area (TPSA) is 123 Å². The number of carbonyl (C=O) groups is 1. The molecule has 0 bridgehead atoms. The van der Waals surface area contributed by atoms with Crippen LogP contribution in [0.25, 0.3) is 17.0 Å². The lowest BCUT2D eigenvalue weighted by Crippen LogP contribution is -2.43. The summed E-state index contributed by atoms with van der Waals surface area (Å²) in [6.45, 7) is 2.17. The maximum Gasteiger partial charge on any atom is 0.274 e. The molecule has 4 heterocycles. The number of benzene rings is 1. The van der Waals surface area contributed by atoms with Crippen LogP contribution in [0.4, 0.5) is 10.1 Å². The second-order valence-corrected chi connectivity index (χ2v) is 8.48. The van der Waals surface area contributed by atoms with Crippen molar-refractivity contribution in [3.63, 3.8) is 0 Å². The number of amides is 1. The normalized spacial score (nSPS) is 14.7. The number of thiol groups is 1. The average molecular weight is 456 g/mol. The number of rotatable bonds is 5.